The lowest BCUT2D eigenvalue weighted by molar-refractivity contribution is -0.219. The van der Waals surface area contributed by atoms with Gasteiger partial charge in [-0.25, -0.2) is 0 Å². The van der Waals surface area contributed by atoms with Crippen LogP contribution in [0.25, 0.3) is 0 Å². The van der Waals surface area contributed by atoms with Gasteiger partial charge in [-0.3, -0.25) is 9.59 Å². The van der Waals surface area contributed by atoms with Crippen molar-refractivity contribution in [2.24, 2.45) is 5.41 Å². The molecule has 1 N–H and O–H groups in total. The number of nitrogens with one attached hydrogen (secondary N) is 1. The van der Waals surface area contributed by atoms with Gasteiger partial charge in [0.1, 0.15) is 0 Å². The second-order valence-corrected chi connectivity index (χ2v) is 5.50. The van der Waals surface area contributed by atoms with E-state index < -0.39 is 23.8 Å². The summed E-state index contributed by atoms with van der Waals surface area (Å²) in [5, 5.41) is 2.85. The van der Waals surface area contributed by atoms with Crippen molar-refractivity contribution >= 4 is 33.6 Å². The molecule has 0 aromatic heterocycles. The van der Waals surface area contributed by atoms with Crippen LogP contribution >= 0.6 is 15.9 Å². The monoisotopic (exact) mass is 341 g/mol. The third-order valence-corrected chi connectivity index (χ3v) is 4.02. The Morgan fingerprint density at radius 1 is 1.20 bits per heavy atom. The molecule has 0 amide bonds. The van der Waals surface area contributed by atoms with E-state index in [9.17, 15) is 9.59 Å². The summed E-state index contributed by atoms with van der Waals surface area (Å²) in [6, 6.07) is 7.27. The van der Waals surface area contributed by atoms with E-state index in [0.717, 1.165) is 4.47 Å². The molecule has 1 aromatic carbocycles. The number of carbonyl (C=O) groups excluding carboxylic acids is 2. The van der Waals surface area contributed by atoms with Crippen LogP contribution in [0, 0.1) is 5.41 Å². The summed E-state index contributed by atoms with van der Waals surface area (Å²) in [5.41, 5.74) is -0.486. The van der Waals surface area contributed by atoms with Gasteiger partial charge in [-0.05, 0) is 31.0 Å². The number of hydrogen-bond donors (Lipinski definition) is 1. The number of ether oxygens (including phenoxy) is 2. The van der Waals surface area contributed by atoms with Gasteiger partial charge in [0.15, 0.2) is 5.41 Å². The first-order valence-corrected chi connectivity index (χ1v) is 7.25. The van der Waals surface area contributed by atoms with E-state index >= 15 is 0 Å². The molecule has 1 aromatic rings. The number of carbonyl (C=O) groups is 2. The molecule has 1 heterocycles. The Hall–Kier alpha value is -1.56. The van der Waals surface area contributed by atoms with Crippen LogP contribution < -0.4 is 5.32 Å². The SMILES string of the molecule is CCC1(CC)C(=O)OC(Nc2cccc(Br)c2)OC1=O. The molecule has 1 saturated heterocycles. The average Bonchev–Trinajstić information content (AvgIpc) is 2.39. The summed E-state index contributed by atoms with van der Waals surface area (Å²) >= 11 is 3.34. The molecule has 108 valence electrons. The van der Waals surface area contributed by atoms with Crippen molar-refractivity contribution in [3.8, 4) is 0 Å². The van der Waals surface area contributed by atoms with Gasteiger partial charge >= 0.3 is 18.4 Å². The van der Waals surface area contributed by atoms with Crippen molar-refractivity contribution in [3.63, 3.8) is 0 Å². The standard InChI is InChI=1S/C14H16BrNO4/c1-3-14(4-2)11(17)19-13(20-12(14)18)16-10-7-5-6-9(15)8-10/h5-8,13,16H,3-4H2,1-2H3. The molecule has 2 rings (SSSR count). The van der Waals surface area contributed by atoms with E-state index in [1.807, 2.05) is 12.1 Å². The molecular formula is C14H16BrNO4. The molecule has 0 atom stereocenters. The molecule has 6 heteroatoms. The molecule has 0 spiro atoms. The van der Waals surface area contributed by atoms with Gasteiger partial charge in [0.05, 0.1) is 0 Å². The highest BCUT2D eigenvalue weighted by atomic mass is 79.9. The minimum absolute atomic E-state index is 0.366. The molecule has 1 aliphatic heterocycles. The maximum atomic E-state index is 12.1. The van der Waals surface area contributed by atoms with E-state index in [2.05, 4.69) is 21.2 Å². The van der Waals surface area contributed by atoms with E-state index in [1.165, 1.54) is 0 Å². The molecular weight excluding hydrogens is 326 g/mol. The van der Waals surface area contributed by atoms with Crippen LogP contribution in [-0.4, -0.2) is 18.4 Å². The van der Waals surface area contributed by atoms with Crippen LogP contribution in [0.4, 0.5) is 5.69 Å². The fourth-order valence-electron chi connectivity index (χ4n) is 2.13. The number of rotatable bonds is 4. The molecule has 0 unspecified atom stereocenters. The highest BCUT2D eigenvalue weighted by Crippen LogP contribution is 2.34. The zero-order valence-corrected chi connectivity index (χ0v) is 12.9. The summed E-state index contributed by atoms with van der Waals surface area (Å²) in [7, 11) is 0. The average molecular weight is 342 g/mol. The Morgan fingerprint density at radius 3 is 2.30 bits per heavy atom. The van der Waals surface area contributed by atoms with Crippen LogP contribution in [0.1, 0.15) is 26.7 Å². The number of benzene rings is 1. The smallest absolute Gasteiger partial charge is 0.329 e. The molecule has 20 heavy (non-hydrogen) atoms. The van der Waals surface area contributed by atoms with Crippen molar-refractivity contribution in [2.75, 3.05) is 5.32 Å². The van der Waals surface area contributed by atoms with Crippen LogP contribution in [0.15, 0.2) is 28.7 Å². The van der Waals surface area contributed by atoms with Crippen LogP contribution in [0.3, 0.4) is 0 Å². The van der Waals surface area contributed by atoms with Crippen LogP contribution in [0.5, 0.6) is 0 Å². The maximum absolute atomic E-state index is 12.1. The molecule has 0 aliphatic carbocycles. The summed E-state index contributed by atoms with van der Waals surface area (Å²) < 4.78 is 11.2. The Morgan fingerprint density at radius 2 is 1.80 bits per heavy atom. The van der Waals surface area contributed by atoms with Crippen molar-refractivity contribution in [1.29, 1.82) is 0 Å². The van der Waals surface area contributed by atoms with Crippen molar-refractivity contribution < 1.29 is 19.1 Å². The topological polar surface area (TPSA) is 64.6 Å². The van der Waals surface area contributed by atoms with E-state index in [-0.39, 0.29) is 0 Å². The Labute approximate surface area is 125 Å². The fraction of sp³-hybridized carbons (Fsp3) is 0.429. The summed E-state index contributed by atoms with van der Waals surface area (Å²) in [6.07, 6.45) is -0.356. The number of esters is 2. The van der Waals surface area contributed by atoms with Gasteiger partial charge < -0.3 is 14.8 Å². The normalized spacial score (nSPS) is 18.4. The third kappa shape index (κ3) is 2.65. The number of hydrogen-bond acceptors (Lipinski definition) is 5. The predicted octanol–water partition coefficient (Wildman–Crippen LogP) is 3.05. The van der Waals surface area contributed by atoms with Gasteiger partial charge in [0.2, 0.25) is 0 Å². The second kappa shape index (κ2) is 5.83. The van der Waals surface area contributed by atoms with Gasteiger partial charge in [-0.15, -0.1) is 0 Å². The molecule has 0 saturated carbocycles. The van der Waals surface area contributed by atoms with Crippen LogP contribution in [0.2, 0.25) is 0 Å². The predicted molar refractivity (Wildman–Crippen MR) is 76.8 cm³/mol. The minimum Gasteiger partial charge on any atom is -0.405 e. The molecule has 0 bridgehead atoms. The first-order chi connectivity index (χ1) is 9.51. The Balaban J connectivity index is 2.11. The molecule has 1 fully saturated rings. The molecule has 5 nitrogen and oxygen atoms in total. The van der Waals surface area contributed by atoms with Crippen molar-refractivity contribution in [1.82, 2.24) is 0 Å². The lowest BCUT2D eigenvalue weighted by Gasteiger charge is -2.35. The largest absolute Gasteiger partial charge is 0.405 e. The lowest BCUT2D eigenvalue weighted by Crippen LogP contribution is -2.51. The summed E-state index contributed by atoms with van der Waals surface area (Å²) in [4.78, 5) is 24.2. The first-order valence-electron chi connectivity index (χ1n) is 6.46. The first kappa shape index (κ1) is 14.8. The van der Waals surface area contributed by atoms with E-state index in [4.69, 9.17) is 9.47 Å². The summed E-state index contributed by atoms with van der Waals surface area (Å²) in [6.45, 7) is 3.54. The Kier molecular flexibility index (Phi) is 4.32. The Bertz CT molecular complexity index is 508. The van der Waals surface area contributed by atoms with E-state index in [1.54, 1.807) is 26.0 Å². The number of anilines is 1. The van der Waals surface area contributed by atoms with Gasteiger partial charge in [-0.1, -0.05) is 35.8 Å². The van der Waals surface area contributed by atoms with Gasteiger partial charge in [0, 0.05) is 10.2 Å². The summed E-state index contributed by atoms with van der Waals surface area (Å²) in [5.74, 6) is -1.07. The lowest BCUT2D eigenvalue weighted by atomic mass is 9.82. The zero-order chi connectivity index (χ0) is 14.8. The maximum Gasteiger partial charge on any atom is 0.329 e. The van der Waals surface area contributed by atoms with Gasteiger partial charge in [0.25, 0.3) is 0 Å². The highest BCUT2D eigenvalue weighted by Gasteiger charge is 2.51. The van der Waals surface area contributed by atoms with Crippen molar-refractivity contribution in [2.45, 2.75) is 33.1 Å². The fourth-order valence-corrected chi connectivity index (χ4v) is 2.53. The zero-order valence-electron chi connectivity index (χ0n) is 11.3. The quantitative estimate of drug-likeness (QED) is 0.673. The highest BCUT2D eigenvalue weighted by molar-refractivity contribution is 9.10. The number of cyclic esters (lactones) is 2. The second-order valence-electron chi connectivity index (χ2n) is 4.59. The molecule has 1 aliphatic rings. The van der Waals surface area contributed by atoms with Crippen LogP contribution in [-0.2, 0) is 19.1 Å². The minimum atomic E-state index is -1.17. The van der Waals surface area contributed by atoms with Crippen molar-refractivity contribution in [3.05, 3.63) is 28.7 Å². The van der Waals surface area contributed by atoms with E-state index in [0.29, 0.717) is 18.5 Å². The third-order valence-electron chi connectivity index (χ3n) is 3.53. The molecule has 0 radical (unpaired) electrons. The van der Waals surface area contributed by atoms with Gasteiger partial charge in [-0.2, -0.15) is 0 Å². The number of halogens is 1.